The van der Waals surface area contributed by atoms with Crippen molar-refractivity contribution < 1.29 is 0 Å². The number of fused-ring (bicyclic) bond motifs is 3. The maximum absolute atomic E-state index is 2.97. The van der Waals surface area contributed by atoms with Gasteiger partial charge in [-0.2, -0.15) is 0 Å². The minimum absolute atomic E-state index is 1.15. The van der Waals surface area contributed by atoms with E-state index in [0.717, 1.165) is 0 Å². The SMILES string of the molecule is CCC[Si]1(CCC)C2[Si](C)(C)[Si](C)(C)C([Si](C)(C)[Si]2(C)C)[Si]1(CCC)CCC. The van der Waals surface area contributed by atoms with Crippen molar-refractivity contribution >= 4 is 45.5 Å². The Hall–Kier alpha value is 1.30. The molecule has 6 heteroatoms. The molecule has 0 nitrogen and oxygen atoms in total. The largest absolute Gasteiger partial charge is 0.0715 e. The average molecular weight is 487 g/mol. The lowest BCUT2D eigenvalue weighted by Gasteiger charge is -2.82. The third-order valence-corrected chi connectivity index (χ3v) is 102. The first-order valence-corrected chi connectivity index (χ1v) is 33.0. The normalized spacial score (nSPS) is 33.0. The number of rotatable bonds is 8. The molecule has 0 saturated carbocycles. The summed E-state index contributed by atoms with van der Waals surface area (Å²) in [4.78, 5) is 2.76. The van der Waals surface area contributed by atoms with E-state index in [1.165, 1.54) is 35.3 Å². The summed E-state index contributed by atoms with van der Waals surface area (Å²) in [6, 6.07) is 6.98. The second kappa shape index (κ2) is 8.02. The van der Waals surface area contributed by atoms with E-state index in [-0.39, 0.29) is 0 Å². The first-order valence-electron chi connectivity index (χ1n) is 12.7. The van der Waals surface area contributed by atoms with E-state index in [2.05, 4.69) is 80.1 Å². The van der Waals surface area contributed by atoms with Crippen molar-refractivity contribution in [3.05, 3.63) is 0 Å². The molecule has 0 aromatic rings. The van der Waals surface area contributed by atoms with Crippen LogP contribution in [0.4, 0.5) is 0 Å². The zero-order valence-corrected chi connectivity index (χ0v) is 27.8. The van der Waals surface area contributed by atoms with Gasteiger partial charge in [0.25, 0.3) is 0 Å². The Bertz CT molecular complexity index is 475. The lowest BCUT2D eigenvalue weighted by atomic mass is 10.6. The third kappa shape index (κ3) is 2.93. The first kappa shape index (κ1) is 25.6. The van der Waals surface area contributed by atoms with Crippen molar-refractivity contribution in [2.24, 2.45) is 0 Å². The van der Waals surface area contributed by atoms with Gasteiger partial charge >= 0.3 is 0 Å². The zero-order chi connectivity index (χ0) is 21.8. The fourth-order valence-corrected chi connectivity index (χ4v) is 164. The van der Waals surface area contributed by atoms with Gasteiger partial charge in [0, 0.05) is 45.5 Å². The van der Waals surface area contributed by atoms with Crippen LogP contribution in [-0.2, 0) is 0 Å². The van der Waals surface area contributed by atoms with E-state index in [9.17, 15) is 0 Å². The van der Waals surface area contributed by atoms with Crippen LogP contribution in [-0.4, -0.2) is 45.5 Å². The fourth-order valence-electron chi connectivity index (χ4n) is 10.2. The average Bonchev–Trinajstić information content (AvgIpc) is 2.52. The van der Waals surface area contributed by atoms with Crippen molar-refractivity contribution in [3.63, 3.8) is 0 Å². The van der Waals surface area contributed by atoms with Crippen LogP contribution in [0.2, 0.25) is 86.1 Å². The molecule has 166 valence electrons. The van der Waals surface area contributed by atoms with Gasteiger partial charge < -0.3 is 0 Å². The number of hydrogen-bond acceptors (Lipinski definition) is 0. The lowest BCUT2D eigenvalue weighted by molar-refractivity contribution is 0.929. The molecule has 0 spiro atoms. The summed E-state index contributed by atoms with van der Waals surface area (Å²) in [5.74, 6) is 0. The molecule has 0 aromatic heterocycles. The quantitative estimate of drug-likeness (QED) is 0.301. The standard InChI is InChI=1S/C22H54Si6/c1-13-17-27(18-14-2)21-23(5,6)25(9,10)22(26(11,12)24(21,7)8)28(27,19-15-3)20-16-4/h21-22H,13-20H2,1-12H3. The maximum atomic E-state index is 2.97. The molecule has 0 N–H and O–H groups in total. The van der Waals surface area contributed by atoms with E-state index in [1.54, 1.807) is 24.2 Å². The van der Waals surface area contributed by atoms with Crippen LogP contribution in [0.3, 0.4) is 0 Å². The van der Waals surface area contributed by atoms with Gasteiger partial charge in [0.15, 0.2) is 0 Å². The van der Waals surface area contributed by atoms with E-state index < -0.39 is 45.5 Å². The highest BCUT2D eigenvalue weighted by Crippen LogP contribution is 2.72. The Labute approximate surface area is 184 Å². The lowest BCUT2D eigenvalue weighted by Crippen LogP contribution is -2.97. The van der Waals surface area contributed by atoms with Crippen LogP contribution >= 0.6 is 0 Å². The molecule has 3 rings (SSSR count). The molecule has 3 saturated heterocycles. The van der Waals surface area contributed by atoms with Gasteiger partial charge in [0.05, 0.1) is 0 Å². The summed E-state index contributed by atoms with van der Waals surface area (Å²) in [6.45, 7) is 34.0. The van der Waals surface area contributed by atoms with Crippen molar-refractivity contribution in [2.45, 2.75) is 140 Å². The predicted octanol–water partition coefficient (Wildman–Crippen LogP) is 8.52. The van der Waals surface area contributed by atoms with E-state index in [4.69, 9.17) is 0 Å². The molecule has 0 radical (unpaired) electrons. The third-order valence-electron chi connectivity index (χ3n) is 11.1. The van der Waals surface area contributed by atoms with Crippen LogP contribution in [0, 0.1) is 0 Å². The summed E-state index contributed by atoms with van der Waals surface area (Å²) >= 11 is 0. The minimum Gasteiger partial charge on any atom is -0.0715 e. The first-order chi connectivity index (χ1) is 12.7. The van der Waals surface area contributed by atoms with Crippen molar-refractivity contribution in [1.82, 2.24) is 0 Å². The molecule has 3 heterocycles. The van der Waals surface area contributed by atoms with Gasteiger partial charge in [-0.1, -0.05) is 140 Å². The van der Waals surface area contributed by atoms with Crippen molar-refractivity contribution in [3.8, 4) is 0 Å². The molecular formula is C22H54Si6. The van der Waals surface area contributed by atoms with Crippen molar-refractivity contribution in [2.75, 3.05) is 0 Å². The van der Waals surface area contributed by atoms with Gasteiger partial charge in [-0.15, -0.1) is 0 Å². The van der Waals surface area contributed by atoms with E-state index in [1.807, 2.05) is 0 Å². The monoisotopic (exact) mass is 486 g/mol. The Balaban J connectivity index is 3.00. The van der Waals surface area contributed by atoms with Gasteiger partial charge in [0.2, 0.25) is 0 Å². The highest BCUT2D eigenvalue weighted by atomic mass is 29.4. The Morgan fingerprint density at radius 2 is 0.571 bits per heavy atom. The smallest absolute Gasteiger partial charge is 0.0451 e. The van der Waals surface area contributed by atoms with Crippen LogP contribution in [0.25, 0.3) is 0 Å². The fraction of sp³-hybridized carbons (Fsp3) is 1.00. The van der Waals surface area contributed by atoms with Crippen LogP contribution < -0.4 is 0 Å². The highest BCUT2D eigenvalue weighted by Gasteiger charge is 2.83. The Morgan fingerprint density at radius 1 is 0.393 bits per heavy atom. The van der Waals surface area contributed by atoms with Crippen LogP contribution in [0.1, 0.15) is 53.4 Å². The number of hydrogen-bond donors (Lipinski definition) is 0. The second-order valence-corrected chi connectivity index (χ2v) is 61.8. The molecule has 0 unspecified atom stereocenters. The highest BCUT2D eigenvalue weighted by molar-refractivity contribution is 7.76. The summed E-state index contributed by atoms with van der Waals surface area (Å²) in [7, 11) is -6.99. The topological polar surface area (TPSA) is 0 Å². The minimum atomic E-state index is -1.20. The van der Waals surface area contributed by atoms with Crippen molar-refractivity contribution in [1.29, 1.82) is 0 Å². The summed E-state index contributed by atoms with van der Waals surface area (Å²) in [5.41, 5.74) is 0. The molecule has 0 amide bonds. The molecule has 0 atom stereocenters. The van der Waals surface area contributed by atoms with E-state index in [0.29, 0.717) is 0 Å². The Kier molecular flexibility index (Phi) is 7.32. The predicted molar refractivity (Wildman–Crippen MR) is 149 cm³/mol. The van der Waals surface area contributed by atoms with Gasteiger partial charge in [-0.05, 0) is 0 Å². The summed E-state index contributed by atoms with van der Waals surface area (Å²) in [6.07, 6.45) is 6.04. The summed E-state index contributed by atoms with van der Waals surface area (Å²) < 4.78 is 0. The molecule has 3 aliphatic heterocycles. The van der Waals surface area contributed by atoms with Crippen LogP contribution in [0.5, 0.6) is 0 Å². The van der Waals surface area contributed by atoms with E-state index >= 15 is 0 Å². The molecule has 28 heavy (non-hydrogen) atoms. The summed E-state index contributed by atoms with van der Waals surface area (Å²) in [5, 5.41) is 0. The molecule has 3 fully saturated rings. The van der Waals surface area contributed by atoms with Crippen LogP contribution in [0.15, 0.2) is 0 Å². The van der Waals surface area contributed by atoms with Gasteiger partial charge in [0.1, 0.15) is 0 Å². The molecule has 2 bridgehead atoms. The molecule has 3 aliphatic rings. The molecule has 0 aromatic carbocycles. The zero-order valence-electron chi connectivity index (χ0n) is 21.8. The Morgan fingerprint density at radius 3 is 0.714 bits per heavy atom. The van der Waals surface area contributed by atoms with Gasteiger partial charge in [-0.25, -0.2) is 0 Å². The second-order valence-electron chi connectivity index (χ2n) is 13.1. The maximum Gasteiger partial charge on any atom is 0.0451 e. The molecule has 0 aliphatic carbocycles. The van der Waals surface area contributed by atoms with Gasteiger partial charge in [-0.3, -0.25) is 0 Å². The molecular weight excluding hydrogens is 433 g/mol.